The highest BCUT2D eigenvalue weighted by atomic mass is 16.5. The molecule has 132 valence electrons. The van der Waals surface area contributed by atoms with E-state index in [1.165, 1.54) is 0 Å². The van der Waals surface area contributed by atoms with Crippen LogP contribution in [0.1, 0.15) is 24.7 Å². The van der Waals surface area contributed by atoms with Gasteiger partial charge in [-0.15, -0.1) is 0 Å². The van der Waals surface area contributed by atoms with E-state index in [1.807, 2.05) is 25.1 Å². The summed E-state index contributed by atoms with van der Waals surface area (Å²) < 4.78 is 5.61. The summed E-state index contributed by atoms with van der Waals surface area (Å²) in [4.78, 5) is 19.2. The fourth-order valence-electron chi connectivity index (χ4n) is 2.94. The topological polar surface area (TPSA) is 99.3 Å². The van der Waals surface area contributed by atoms with Gasteiger partial charge in [0.05, 0.1) is 23.2 Å². The molecule has 0 spiro atoms. The molecule has 0 aliphatic carbocycles. The Morgan fingerprint density at radius 3 is 2.85 bits per heavy atom. The number of fused-ring (bicyclic) bond motifs is 1. The first-order valence-electron chi connectivity index (χ1n) is 8.24. The van der Waals surface area contributed by atoms with Crippen LogP contribution in [0.5, 0.6) is 11.5 Å². The van der Waals surface area contributed by atoms with E-state index in [2.05, 4.69) is 20.8 Å². The van der Waals surface area contributed by atoms with Crippen LogP contribution < -0.4 is 15.6 Å². The number of nitrogens with zero attached hydrogens (tertiary/aromatic N) is 1. The van der Waals surface area contributed by atoms with Gasteiger partial charge in [-0.1, -0.05) is 18.2 Å². The Balaban J connectivity index is 1.57. The van der Waals surface area contributed by atoms with Crippen LogP contribution in [0.2, 0.25) is 0 Å². The summed E-state index contributed by atoms with van der Waals surface area (Å²) in [5, 5.41) is 9.75. The molecule has 7 nitrogen and oxygen atoms in total. The maximum atomic E-state index is 11.4. The minimum absolute atomic E-state index is 0.0440. The van der Waals surface area contributed by atoms with Crippen LogP contribution in [0.3, 0.4) is 0 Å². The zero-order valence-corrected chi connectivity index (χ0v) is 14.2. The molecule has 0 bridgehead atoms. The molecule has 2 aromatic carbocycles. The van der Waals surface area contributed by atoms with Crippen molar-refractivity contribution in [2.75, 3.05) is 0 Å². The number of aromatic amines is 1. The van der Waals surface area contributed by atoms with E-state index in [0.29, 0.717) is 18.0 Å². The van der Waals surface area contributed by atoms with Gasteiger partial charge in [0, 0.05) is 5.56 Å². The van der Waals surface area contributed by atoms with Crippen molar-refractivity contribution in [1.29, 1.82) is 0 Å². The second-order valence-corrected chi connectivity index (χ2v) is 6.18. The van der Waals surface area contributed by atoms with Crippen LogP contribution >= 0.6 is 0 Å². The normalized spacial score (nSPS) is 14.3. The van der Waals surface area contributed by atoms with Crippen molar-refractivity contribution in [2.24, 2.45) is 0 Å². The predicted molar refractivity (Wildman–Crippen MR) is 97.0 cm³/mol. The number of para-hydroxylation sites is 2. The van der Waals surface area contributed by atoms with Crippen molar-refractivity contribution in [3.8, 4) is 11.5 Å². The molecular weight excluding hydrogens is 332 g/mol. The fraction of sp³-hybridized carbons (Fsp3) is 0.158. The number of imidazole rings is 1. The summed E-state index contributed by atoms with van der Waals surface area (Å²) in [5.74, 6) is 1.13. The van der Waals surface area contributed by atoms with Gasteiger partial charge in [0.15, 0.2) is 11.5 Å². The SMILES string of the molecule is CC1=C(c2ccc3nc(COc4ccccc4O)[nH]c3c2)NNC(=O)C1. The number of ether oxygens (including phenoxy) is 1. The van der Waals surface area contributed by atoms with Crippen LogP contribution in [-0.2, 0) is 11.4 Å². The third kappa shape index (κ3) is 3.06. The third-order valence-corrected chi connectivity index (χ3v) is 4.23. The monoisotopic (exact) mass is 350 g/mol. The number of hydrazine groups is 1. The molecular formula is C19H18N4O3. The number of benzene rings is 2. The molecule has 1 aromatic heterocycles. The number of hydrogen-bond acceptors (Lipinski definition) is 5. The van der Waals surface area contributed by atoms with Crippen LogP contribution in [0.4, 0.5) is 0 Å². The number of hydrogen-bond donors (Lipinski definition) is 4. The second kappa shape index (κ2) is 6.44. The molecule has 3 aromatic rings. The molecule has 0 unspecified atom stereocenters. The summed E-state index contributed by atoms with van der Waals surface area (Å²) in [6.07, 6.45) is 0.378. The number of carbonyl (C=O) groups excluding carboxylic acids is 1. The Bertz CT molecular complexity index is 1020. The first-order chi connectivity index (χ1) is 12.6. The Labute approximate surface area is 149 Å². The molecule has 4 rings (SSSR count). The number of phenolic OH excluding ortho intramolecular Hbond substituents is 1. The van der Waals surface area contributed by atoms with E-state index in [9.17, 15) is 9.90 Å². The molecule has 0 saturated heterocycles. The maximum absolute atomic E-state index is 11.4. The quantitative estimate of drug-likeness (QED) is 0.580. The van der Waals surface area contributed by atoms with Gasteiger partial charge in [-0.25, -0.2) is 4.98 Å². The van der Waals surface area contributed by atoms with E-state index < -0.39 is 0 Å². The predicted octanol–water partition coefficient (Wildman–Crippen LogP) is 2.60. The van der Waals surface area contributed by atoms with Crippen LogP contribution in [0.25, 0.3) is 16.7 Å². The first-order valence-corrected chi connectivity index (χ1v) is 8.24. The molecule has 4 N–H and O–H groups in total. The van der Waals surface area contributed by atoms with E-state index in [0.717, 1.165) is 27.9 Å². The number of amides is 1. The second-order valence-electron chi connectivity index (χ2n) is 6.18. The van der Waals surface area contributed by atoms with E-state index in [-0.39, 0.29) is 18.3 Å². The van der Waals surface area contributed by atoms with Crippen molar-refractivity contribution >= 4 is 22.6 Å². The summed E-state index contributed by atoms with van der Waals surface area (Å²) in [5.41, 5.74) is 10.1. The van der Waals surface area contributed by atoms with Crippen molar-refractivity contribution in [3.63, 3.8) is 0 Å². The highest BCUT2D eigenvalue weighted by Gasteiger charge is 2.16. The van der Waals surface area contributed by atoms with Crippen LogP contribution in [0.15, 0.2) is 48.0 Å². The molecule has 1 aliphatic heterocycles. The van der Waals surface area contributed by atoms with Crippen molar-refractivity contribution in [3.05, 3.63) is 59.4 Å². The summed E-state index contributed by atoms with van der Waals surface area (Å²) >= 11 is 0. The number of nitrogens with one attached hydrogen (secondary N) is 3. The minimum Gasteiger partial charge on any atom is -0.504 e. The molecule has 1 aliphatic rings. The van der Waals surface area contributed by atoms with Gasteiger partial charge in [-0.2, -0.15) is 0 Å². The molecule has 7 heteroatoms. The molecule has 26 heavy (non-hydrogen) atoms. The van der Waals surface area contributed by atoms with Crippen molar-refractivity contribution in [2.45, 2.75) is 20.0 Å². The number of aromatic hydroxyl groups is 1. The molecule has 0 radical (unpaired) electrons. The van der Waals surface area contributed by atoms with Gasteiger partial charge < -0.3 is 14.8 Å². The number of phenols is 1. The van der Waals surface area contributed by atoms with Gasteiger partial charge in [0.2, 0.25) is 5.91 Å². The number of H-pyrrole nitrogens is 1. The Morgan fingerprint density at radius 1 is 1.19 bits per heavy atom. The van der Waals surface area contributed by atoms with Gasteiger partial charge in [-0.3, -0.25) is 15.6 Å². The van der Waals surface area contributed by atoms with Crippen molar-refractivity contribution in [1.82, 2.24) is 20.8 Å². The smallest absolute Gasteiger partial charge is 0.242 e. The van der Waals surface area contributed by atoms with Gasteiger partial charge in [0.25, 0.3) is 0 Å². The lowest BCUT2D eigenvalue weighted by atomic mass is 10.0. The van der Waals surface area contributed by atoms with E-state index >= 15 is 0 Å². The number of carbonyl (C=O) groups is 1. The Hall–Kier alpha value is -3.48. The summed E-state index contributed by atoms with van der Waals surface area (Å²) in [6.45, 7) is 2.15. The molecule has 0 saturated carbocycles. The minimum atomic E-state index is -0.0440. The van der Waals surface area contributed by atoms with E-state index in [4.69, 9.17) is 4.74 Å². The summed E-state index contributed by atoms with van der Waals surface area (Å²) in [7, 11) is 0. The lowest BCUT2D eigenvalue weighted by Crippen LogP contribution is -2.40. The lowest BCUT2D eigenvalue weighted by molar-refractivity contribution is -0.121. The average molecular weight is 350 g/mol. The zero-order valence-electron chi connectivity index (χ0n) is 14.2. The zero-order chi connectivity index (χ0) is 18.1. The van der Waals surface area contributed by atoms with Crippen molar-refractivity contribution < 1.29 is 14.6 Å². The van der Waals surface area contributed by atoms with Gasteiger partial charge in [-0.05, 0) is 36.8 Å². The molecule has 1 amide bonds. The summed E-state index contributed by atoms with van der Waals surface area (Å²) in [6, 6.07) is 12.7. The molecule has 0 fully saturated rings. The van der Waals surface area contributed by atoms with Gasteiger partial charge >= 0.3 is 0 Å². The largest absolute Gasteiger partial charge is 0.504 e. The average Bonchev–Trinajstić information content (AvgIpc) is 3.03. The van der Waals surface area contributed by atoms with E-state index in [1.54, 1.807) is 24.3 Å². The first kappa shape index (κ1) is 16.0. The highest BCUT2D eigenvalue weighted by Crippen LogP contribution is 2.26. The Kier molecular flexibility index (Phi) is 3.96. The maximum Gasteiger partial charge on any atom is 0.242 e. The fourth-order valence-corrected chi connectivity index (χ4v) is 2.94. The molecule has 2 heterocycles. The highest BCUT2D eigenvalue weighted by molar-refractivity contribution is 5.87. The lowest BCUT2D eigenvalue weighted by Gasteiger charge is -2.20. The van der Waals surface area contributed by atoms with Crippen LogP contribution in [0, 0.1) is 0 Å². The number of rotatable bonds is 4. The van der Waals surface area contributed by atoms with Gasteiger partial charge in [0.1, 0.15) is 12.4 Å². The Morgan fingerprint density at radius 2 is 2.04 bits per heavy atom. The van der Waals surface area contributed by atoms with Crippen LogP contribution in [-0.4, -0.2) is 21.0 Å². The standard InChI is InChI=1S/C19H18N4O3/c1-11-8-18(25)22-23-19(11)12-6-7-13-14(9-12)21-17(20-13)10-26-16-5-3-2-4-15(16)24/h2-7,9,23-24H,8,10H2,1H3,(H,20,21)(H,22,25). The third-order valence-electron chi connectivity index (χ3n) is 4.23. The number of aromatic nitrogens is 2. The molecule has 0 atom stereocenters.